The van der Waals surface area contributed by atoms with E-state index in [0.717, 1.165) is 16.7 Å². The number of hydrogen-bond donors (Lipinski definition) is 1. The van der Waals surface area contributed by atoms with Gasteiger partial charge in [0, 0.05) is 6.42 Å². The molecule has 1 aliphatic rings. The molecule has 1 heterocycles. The monoisotopic (exact) mass is 498 g/mol. The van der Waals surface area contributed by atoms with Crippen molar-refractivity contribution in [2.24, 2.45) is 0 Å². The van der Waals surface area contributed by atoms with Gasteiger partial charge in [0.1, 0.15) is 24.9 Å². The van der Waals surface area contributed by atoms with Gasteiger partial charge in [0.15, 0.2) is 0 Å². The summed E-state index contributed by atoms with van der Waals surface area (Å²) >= 11 is 0. The first kappa shape index (κ1) is 26.4. The van der Waals surface area contributed by atoms with E-state index in [1.807, 2.05) is 91.0 Å². The third-order valence-electron chi connectivity index (χ3n) is 6.19. The summed E-state index contributed by atoms with van der Waals surface area (Å²) in [5, 5.41) is 9.34. The Morgan fingerprint density at radius 1 is 0.750 bits per heavy atom. The Balaban J connectivity index is 1.52. The molecule has 36 heavy (non-hydrogen) atoms. The van der Waals surface area contributed by atoms with E-state index in [1.54, 1.807) is 0 Å². The summed E-state index contributed by atoms with van der Waals surface area (Å²) in [6.45, 7) is -0.446. The highest BCUT2D eigenvalue weighted by Gasteiger charge is 2.50. The zero-order chi connectivity index (χ0) is 25.2. The highest BCUT2D eigenvalue weighted by molar-refractivity contribution is 5.15. The van der Waals surface area contributed by atoms with Crippen molar-refractivity contribution in [3.05, 3.63) is 108 Å². The first-order valence-corrected chi connectivity index (χ1v) is 12.1. The number of aliphatic hydroxyl groups is 1. The number of alkyl halides is 2. The quantitative estimate of drug-likeness (QED) is 0.374. The molecule has 5 nitrogen and oxygen atoms in total. The minimum Gasteiger partial charge on any atom is -0.390 e. The summed E-state index contributed by atoms with van der Waals surface area (Å²) in [6.07, 6.45) is -3.78. The maximum absolute atomic E-state index is 14.6. The van der Waals surface area contributed by atoms with Gasteiger partial charge in [-0.2, -0.15) is 0 Å². The van der Waals surface area contributed by atoms with Gasteiger partial charge < -0.3 is 24.1 Å². The van der Waals surface area contributed by atoms with Crippen molar-refractivity contribution in [1.82, 2.24) is 0 Å². The van der Waals surface area contributed by atoms with Gasteiger partial charge in [-0.1, -0.05) is 91.0 Å². The number of hydrogen-bond acceptors (Lipinski definition) is 5. The Morgan fingerprint density at radius 3 is 1.78 bits per heavy atom. The molecule has 0 radical (unpaired) electrons. The first-order valence-electron chi connectivity index (χ1n) is 12.1. The number of halogens is 2. The van der Waals surface area contributed by atoms with Gasteiger partial charge >= 0.3 is 0 Å². The predicted molar refractivity (Wildman–Crippen MR) is 131 cm³/mol. The molecule has 0 spiro atoms. The van der Waals surface area contributed by atoms with Crippen LogP contribution in [0, 0.1) is 0 Å². The smallest absolute Gasteiger partial charge is 0.296 e. The highest BCUT2D eigenvalue weighted by Crippen LogP contribution is 2.35. The van der Waals surface area contributed by atoms with Gasteiger partial charge in [0.2, 0.25) is 0 Å². The lowest BCUT2D eigenvalue weighted by atomic mass is 9.94. The maximum atomic E-state index is 14.6. The van der Waals surface area contributed by atoms with Crippen molar-refractivity contribution in [2.45, 2.75) is 56.6 Å². The number of aliphatic hydroxyl groups excluding tert-OH is 1. The van der Waals surface area contributed by atoms with Gasteiger partial charge in [-0.05, 0) is 16.7 Å². The molecule has 4 unspecified atom stereocenters. The molecule has 0 bridgehead atoms. The van der Waals surface area contributed by atoms with Crippen LogP contribution in [0.2, 0.25) is 0 Å². The Kier molecular flexibility index (Phi) is 9.55. The van der Waals surface area contributed by atoms with Crippen molar-refractivity contribution in [2.75, 3.05) is 13.2 Å². The number of benzene rings is 3. The predicted octanol–water partition coefficient (Wildman–Crippen LogP) is 5.16. The lowest BCUT2D eigenvalue weighted by Gasteiger charge is -2.43. The van der Waals surface area contributed by atoms with E-state index in [9.17, 15) is 13.9 Å². The minimum absolute atomic E-state index is 0.0392. The fourth-order valence-electron chi connectivity index (χ4n) is 4.23. The average Bonchev–Trinajstić information content (AvgIpc) is 2.92. The molecule has 4 atom stereocenters. The van der Waals surface area contributed by atoms with E-state index in [0.29, 0.717) is 6.61 Å². The number of ether oxygens (including phenoxy) is 4. The molecule has 0 saturated carbocycles. The molecular formula is C29H32F2O5. The summed E-state index contributed by atoms with van der Waals surface area (Å²) in [4.78, 5) is 0. The Labute approximate surface area is 210 Å². The third-order valence-corrected chi connectivity index (χ3v) is 6.19. The van der Waals surface area contributed by atoms with Gasteiger partial charge in [0.25, 0.3) is 5.92 Å². The fourth-order valence-corrected chi connectivity index (χ4v) is 4.23. The minimum atomic E-state index is -3.42. The molecule has 1 aliphatic heterocycles. The standard InChI is InChI=1S/C29H32F2O5/c30-29(31,21-32)27-16-25(34-18-23-12-6-2-7-13-23)28(35-19-24-14-8-3-9-15-24)26(36-27)20-33-17-22-10-4-1-5-11-22/h1-15,25-28,32H,16-21H2. The van der Waals surface area contributed by atoms with Crippen LogP contribution in [0.4, 0.5) is 8.78 Å². The normalized spacial score (nSPS) is 22.4. The van der Waals surface area contributed by atoms with Gasteiger partial charge in [-0.15, -0.1) is 0 Å². The average molecular weight is 499 g/mol. The number of rotatable bonds is 12. The lowest BCUT2D eigenvalue weighted by molar-refractivity contribution is -0.267. The second-order valence-electron chi connectivity index (χ2n) is 8.92. The van der Waals surface area contributed by atoms with Crippen molar-refractivity contribution in [1.29, 1.82) is 0 Å². The second kappa shape index (κ2) is 13.0. The van der Waals surface area contributed by atoms with Gasteiger partial charge in [-0.25, -0.2) is 8.78 Å². The Hall–Kier alpha value is -2.68. The SMILES string of the molecule is OCC(F)(F)C1CC(OCc2ccccc2)C(OCc2ccccc2)C(COCc2ccccc2)O1. The van der Waals surface area contributed by atoms with Crippen LogP contribution < -0.4 is 0 Å². The summed E-state index contributed by atoms with van der Waals surface area (Å²) in [6, 6.07) is 28.7. The second-order valence-corrected chi connectivity index (χ2v) is 8.92. The summed E-state index contributed by atoms with van der Waals surface area (Å²) in [5.74, 6) is -3.42. The molecule has 3 aromatic rings. The lowest BCUT2D eigenvalue weighted by Crippen LogP contribution is -2.57. The van der Waals surface area contributed by atoms with Gasteiger partial charge in [-0.3, -0.25) is 0 Å². The van der Waals surface area contributed by atoms with E-state index in [1.165, 1.54) is 0 Å². The molecule has 1 saturated heterocycles. The summed E-state index contributed by atoms with van der Waals surface area (Å²) < 4.78 is 53.3. The summed E-state index contributed by atoms with van der Waals surface area (Å²) in [7, 11) is 0. The molecule has 1 N–H and O–H groups in total. The van der Waals surface area contributed by atoms with E-state index in [-0.39, 0.29) is 26.2 Å². The van der Waals surface area contributed by atoms with Gasteiger partial charge in [0.05, 0.1) is 32.5 Å². The van der Waals surface area contributed by atoms with Crippen molar-refractivity contribution < 1.29 is 32.8 Å². The molecule has 0 aromatic heterocycles. The molecule has 7 heteroatoms. The molecular weight excluding hydrogens is 466 g/mol. The van der Waals surface area contributed by atoms with Crippen LogP contribution >= 0.6 is 0 Å². The zero-order valence-electron chi connectivity index (χ0n) is 20.0. The van der Waals surface area contributed by atoms with Crippen LogP contribution in [0.1, 0.15) is 23.1 Å². The van der Waals surface area contributed by atoms with Crippen LogP contribution in [0.25, 0.3) is 0 Å². The van der Waals surface area contributed by atoms with Crippen LogP contribution in [-0.4, -0.2) is 48.7 Å². The fraction of sp³-hybridized carbons (Fsp3) is 0.379. The highest BCUT2D eigenvalue weighted by atomic mass is 19.3. The van der Waals surface area contributed by atoms with Crippen molar-refractivity contribution >= 4 is 0 Å². The van der Waals surface area contributed by atoms with E-state index < -0.39 is 36.9 Å². The Bertz CT molecular complexity index is 1020. The maximum Gasteiger partial charge on any atom is 0.296 e. The molecule has 0 aliphatic carbocycles. The molecule has 4 rings (SSSR count). The largest absolute Gasteiger partial charge is 0.390 e. The zero-order valence-corrected chi connectivity index (χ0v) is 20.0. The summed E-state index contributed by atoms with van der Waals surface area (Å²) in [5.41, 5.74) is 2.84. The third kappa shape index (κ3) is 7.41. The van der Waals surface area contributed by atoms with E-state index >= 15 is 0 Å². The van der Waals surface area contributed by atoms with Crippen LogP contribution in [-0.2, 0) is 38.8 Å². The molecule has 192 valence electrons. The van der Waals surface area contributed by atoms with E-state index in [2.05, 4.69) is 0 Å². The van der Waals surface area contributed by atoms with Crippen LogP contribution in [0.5, 0.6) is 0 Å². The Morgan fingerprint density at radius 2 is 1.25 bits per heavy atom. The molecule has 0 amide bonds. The van der Waals surface area contributed by atoms with Crippen LogP contribution in [0.15, 0.2) is 91.0 Å². The van der Waals surface area contributed by atoms with Crippen LogP contribution in [0.3, 0.4) is 0 Å². The van der Waals surface area contributed by atoms with E-state index in [4.69, 9.17) is 18.9 Å². The first-order chi connectivity index (χ1) is 17.5. The molecule has 3 aromatic carbocycles. The van der Waals surface area contributed by atoms with Crippen molar-refractivity contribution in [3.63, 3.8) is 0 Å². The topological polar surface area (TPSA) is 57.2 Å². The van der Waals surface area contributed by atoms with Crippen molar-refractivity contribution in [3.8, 4) is 0 Å². The molecule has 1 fully saturated rings.